The molecule has 0 spiro atoms. The smallest absolute Gasteiger partial charge is 0.176 e. The molecule has 5 rings (SSSR count). The molecule has 370 valence electrons. The number of hydrogen-bond donors (Lipinski definition) is 1. The van der Waals surface area contributed by atoms with E-state index in [0.717, 1.165) is 105 Å². The number of nitrogens with one attached hydrogen (secondary N) is 1. The van der Waals surface area contributed by atoms with E-state index in [-0.39, 0.29) is 17.2 Å². The maximum atomic E-state index is 15.7. The van der Waals surface area contributed by atoms with Crippen molar-refractivity contribution in [1.29, 1.82) is 0 Å². The van der Waals surface area contributed by atoms with Crippen molar-refractivity contribution in [2.45, 2.75) is 174 Å². The van der Waals surface area contributed by atoms with E-state index in [1.807, 2.05) is 30.3 Å². The van der Waals surface area contributed by atoms with Gasteiger partial charge in [-0.05, 0) is 54.1 Å². The maximum absolute atomic E-state index is 15.7. The van der Waals surface area contributed by atoms with Gasteiger partial charge in [-0.2, -0.15) is 31.4 Å². The van der Waals surface area contributed by atoms with Gasteiger partial charge in [-0.3, -0.25) is 0 Å². The van der Waals surface area contributed by atoms with E-state index in [2.05, 4.69) is 95.2 Å². The van der Waals surface area contributed by atoms with Gasteiger partial charge in [-0.15, -0.1) is 0 Å². The topological polar surface area (TPSA) is 12.0 Å². The molecule has 0 heterocycles. The molecule has 0 atom stereocenters. The third kappa shape index (κ3) is 13.7. The Morgan fingerprint density at radius 1 is 0.412 bits per heavy atom. The lowest BCUT2D eigenvalue weighted by atomic mass is 10.2. The molecule has 0 fully saturated rings. The van der Waals surface area contributed by atoms with Crippen LogP contribution in [-0.4, -0.2) is 16.1 Å². The highest BCUT2D eigenvalue weighted by molar-refractivity contribution is 8.49. The Morgan fingerprint density at radius 3 is 1.03 bits per heavy atom. The molecule has 0 aliphatic heterocycles. The first-order chi connectivity index (χ1) is 32.7. The van der Waals surface area contributed by atoms with Crippen LogP contribution in [0.5, 0.6) is 0 Å². The number of alkyl halides is 6. The SMILES string of the molecule is CCCC[Si](CCCC)(CCCC)c1ccc([P+](NCc2ccccc2)(c2ccc([Si](CCCC)(CCCC)CCCC)cc2)P(c2ccccc2C(F)(F)F)c2ccccc2C(F)(F)F)cc1. The summed E-state index contributed by atoms with van der Waals surface area (Å²) in [6, 6.07) is 45.2. The molecule has 1 N–H and O–H groups in total. The van der Waals surface area contributed by atoms with Gasteiger partial charge in [0.1, 0.15) is 18.2 Å². The number of unbranched alkanes of at least 4 members (excludes halogenated alkanes) is 6. The van der Waals surface area contributed by atoms with Gasteiger partial charge in [0.15, 0.2) is 7.10 Å². The average molecular weight is 1010 g/mol. The van der Waals surface area contributed by atoms with Crippen LogP contribution in [0.15, 0.2) is 127 Å². The van der Waals surface area contributed by atoms with E-state index in [4.69, 9.17) is 0 Å². The summed E-state index contributed by atoms with van der Waals surface area (Å²) >= 11 is 0. The maximum Gasteiger partial charge on any atom is 0.417 e. The second-order valence-electron chi connectivity index (χ2n) is 19.1. The molecule has 0 aliphatic carbocycles. The number of benzene rings is 5. The van der Waals surface area contributed by atoms with Crippen molar-refractivity contribution in [2.24, 2.45) is 0 Å². The Bertz CT molecular complexity index is 2050. The Balaban J connectivity index is 1.98. The molecule has 0 radical (unpaired) electrons. The van der Waals surface area contributed by atoms with E-state index in [9.17, 15) is 0 Å². The Morgan fingerprint density at radius 2 is 0.721 bits per heavy atom. The van der Waals surface area contributed by atoms with Crippen molar-refractivity contribution < 1.29 is 26.3 Å². The van der Waals surface area contributed by atoms with Gasteiger partial charge in [-0.1, -0.05) is 244 Å². The summed E-state index contributed by atoms with van der Waals surface area (Å²) in [7, 11) is -10.1. The molecule has 5 aromatic rings. The summed E-state index contributed by atoms with van der Waals surface area (Å²) in [5.74, 6) is 0. The lowest BCUT2D eigenvalue weighted by Gasteiger charge is -2.38. The van der Waals surface area contributed by atoms with E-state index >= 15 is 26.3 Å². The molecule has 0 amide bonds. The van der Waals surface area contributed by atoms with Crippen LogP contribution in [0.25, 0.3) is 0 Å². The van der Waals surface area contributed by atoms with Gasteiger partial charge in [0.2, 0.25) is 0 Å². The average Bonchev–Trinajstić information content (AvgIpc) is 3.35. The largest absolute Gasteiger partial charge is 0.417 e. The lowest BCUT2D eigenvalue weighted by Crippen LogP contribution is -2.48. The normalized spacial score (nSPS) is 12.8. The summed E-state index contributed by atoms with van der Waals surface area (Å²) in [5, 5.41) is 8.06. The molecule has 68 heavy (non-hydrogen) atoms. The molecule has 5 aromatic carbocycles. The fourth-order valence-electron chi connectivity index (χ4n) is 10.5. The highest BCUT2D eigenvalue weighted by Gasteiger charge is 2.57. The third-order valence-corrected chi connectivity index (χ3v) is 35.2. The first-order valence-corrected chi connectivity index (χ1v) is 34.8. The molecule has 0 aliphatic rings. The summed E-state index contributed by atoms with van der Waals surface area (Å²) < 4.78 is 94.0. The summed E-state index contributed by atoms with van der Waals surface area (Å²) in [5.41, 5.74) is -0.876. The van der Waals surface area contributed by atoms with Crippen molar-refractivity contribution in [1.82, 2.24) is 5.09 Å². The first-order valence-electron chi connectivity index (χ1n) is 25.7. The highest BCUT2D eigenvalue weighted by Crippen LogP contribution is 2.79. The number of halogens is 6. The van der Waals surface area contributed by atoms with Gasteiger partial charge in [-0.25, -0.2) is 0 Å². The molecule has 0 saturated carbocycles. The fraction of sp³-hybridized carbons (Fsp3) is 0.474. The van der Waals surface area contributed by atoms with Crippen molar-refractivity contribution in [3.8, 4) is 0 Å². The monoisotopic (exact) mass is 1010 g/mol. The standard InChI is InChI=1S/C57H78F6NP2Si2/c1-7-13-40-67(41-14-8-2,42-15-9-3)50-36-32-48(33-37-50)66(64-46-47-26-20-19-21-27-47,49-34-38-51(39-35-49)68(43-16-10-4,44-17-11-5)45-18-12-6)65(54-30-24-22-28-52(54)56(58,59)60)55-31-25-23-29-53(55)57(61,62)63/h19-39,64H,7-18,40-46H2,1-6H3/q+1. The minimum absolute atomic E-state index is 0.0936. The molecule has 0 bridgehead atoms. The fourth-order valence-corrected chi connectivity index (χ4v) is 32.5. The minimum atomic E-state index is -4.82. The van der Waals surface area contributed by atoms with Crippen LogP contribution in [0.1, 0.15) is 135 Å². The van der Waals surface area contributed by atoms with E-state index in [1.165, 1.54) is 70.9 Å². The zero-order valence-corrected chi connectivity index (χ0v) is 45.5. The van der Waals surface area contributed by atoms with Crippen LogP contribution in [-0.2, 0) is 18.9 Å². The van der Waals surface area contributed by atoms with Crippen LogP contribution in [0.4, 0.5) is 26.3 Å². The van der Waals surface area contributed by atoms with Crippen LogP contribution >= 0.6 is 14.7 Å². The van der Waals surface area contributed by atoms with E-state index < -0.39 is 54.3 Å². The quantitative estimate of drug-likeness (QED) is 0.0299. The Hall–Kier alpha value is -3.07. The molecule has 1 nitrogen and oxygen atoms in total. The molecule has 0 unspecified atom stereocenters. The Labute approximate surface area is 409 Å². The van der Waals surface area contributed by atoms with Crippen LogP contribution in [0.3, 0.4) is 0 Å². The van der Waals surface area contributed by atoms with Crippen LogP contribution in [0, 0.1) is 0 Å². The van der Waals surface area contributed by atoms with E-state index in [0.29, 0.717) is 0 Å². The first kappa shape index (κ1) is 55.9. The minimum Gasteiger partial charge on any atom is -0.176 e. The van der Waals surface area contributed by atoms with Crippen molar-refractivity contribution in [3.63, 3.8) is 0 Å². The van der Waals surface area contributed by atoms with E-state index in [1.54, 1.807) is 12.1 Å². The second-order valence-corrected chi connectivity index (χ2v) is 35.6. The zero-order chi connectivity index (χ0) is 49.3. The number of rotatable bonds is 28. The van der Waals surface area contributed by atoms with Crippen molar-refractivity contribution in [2.75, 3.05) is 0 Å². The molecule has 0 saturated heterocycles. The molecule has 0 aromatic heterocycles. The highest BCUT2D eigenvalue weighted by atomic mass is 32.1. The van der Waals surface area contributed by atoms with Gasteiger partial charge >= 0.3 is 12.4 Å². The molecular formula is C57H78F6NP2Si2+. The molecule has 11 heteroatoms. The molecular weight excluding hydrogens is 931 g/mol. The van der Waals surface area contributed by atoms with Gasteiger partial charge in [0.05, 0.1) is 33.8 Å². The third-order valence-electron chi connectivity index (χ3n) is 14.3. The summed E-state index contributed by atoms with van der Waals surface area (Å²) in [6.07, 6.45) is 3.76. The van der Waals surface area contributed by atoms with Gasteiger partial charge in [0, 0.05) is 10.6 Å². The van der Waals surface area contributed by atoms with Gasteiger partial charge < -0.3 is 0 Å². The lowest BCUT2D eigenvalue weighted by molar-refractivity contribution is -0.137. The van der Waals surface area contributed by atoms with Gasteiger partial charge in [0.25, 0.3) is 0 Å². The summed E-state index contributed by atoms with van der Waals surface area (Å²) in [6.45, 7) is 13.7. The second kappa shape index (κ2) is 26.4. The Kier molecular flexibility index (Phi) is 21.7. The predicted molar refractivity (Wildman–Crippen MR) is 290 cm³/mol. The van der Waals surface area contributed by atoms with Crippen LogP contribution in [0.2, 0.25) is 36.3 Å². The van der Waals surface area contributed by atoms with Crippen molar-refractivity contribution in [3.05, 3.63) is 144 Å². The van der Waals surface area contributed by atoms with Crippen molar-refractivity contribution >= 4 is 62.5 Å². The zero-order valence-electron chi connectivity index (χ0n) is 41.7. The summed E-state index contributed by atoms with van der Waals surface area (Å²) in [4.78, 5) is 0. The predicted octanol–water partition coefficient (Wildman–Crippen LogP) is 16.6. The number of hydrogen-bond acceptors (Lipinski definition) is 1. The van der Waals surface area contributed by atoms with Crippen LogP contribution < -0.4 is 36.7 Å².